The number of aliphatic hydroxyl groups excluding tert-OH is 1. The smallest absolute Gasteiger partial charge is 0.123 e. The molecule has 3 nitrogen and oxygen atoms in total. The number of hydrogen-bond donors (Lipinski definition) is 2. The molecule has 1 aliphatic carbocycles. The lowest BCUT2D eigenvalue weighted by atomic mass is 9.86. The van der Waals surface area contributed by atoms with Crippen LogP contribution < -0.4 is 10.1 Å². The molecule has 0 radical (unpaired) electrons. The highest BCUT2D eigenvalue weighted by atomic mass is 16.5. The van der Waals surface area contributed by atoms with Gasteiger partial charge in [-0.05, 0) is 62.6 Å². The van der Waals surface area contributed by atoms with Gasteiger partial charge in [-0.2, -0.15) is 0 Å². The van der Waals surface area contributed by atoms with E-state index in [1.807, 2.05) is 0 Å². The van der Waals surface area contributed by atoms with Crippen LogP contribution in [0.4, 0.5) is 0 Å². The summed E-state index contributed by atoms with van der Waals surface area (Å²) < 4.78 is 5.92. The third kappa shape index (κ3) is 3.58. The first kappa shape index (κ1) is 14.9. The lowest BCUT2D eigenvalue weighted by Crippen LogP contribution is -2.33. The lowest BCUT2D eigenvalue weighted by Gasteiger charge is -2.28. The highest BCUT2D eigenvalue weighted by Crippen LogP contribution is 2.35. The molecule has 0 spiro atoms. The molecule has 1 aliphatic heterocycles. The Kier molecular flexibility index (Phi) is 4.23. The Morgan fingerprint density at radius 3 is 2.71 bits per heavy atom. The van der Waals surface area contributed by atoms with Gasteiger partial charge in [-0.3, -0.25) is 0 Å². The fourth-order valence-corrected chi connectivity index (χ4v) is 3.58. The van der Waals surface area contributed by atoms with E-state index < -0.39 is 0 Å². The Hall–Kier alpha value is -1.06. The number of aliphatic hydroxyl groups is 1. The zero-order valence-corrected chi connectivity index (χ0v) is 13.2. The molecule has 3 heteroatoms. The molecule has 2 N–H and O–H groups in total. The molecule has 0 amide bonds. The number of hydrogen-bond acceptors (Lipinski definition) is 3. The second-order valence-corrected chi connectivity index (χ2v) is 7.26. The highest BCUT2D eigenvalue weighted by Gasteiger charge is 2.29. The van der Waals surface area contributed by atoms with Crippen molar-refractivity contribution in [2.45, 2.75) is 64.1 Å². The largest absolute Gasteiger partial charge is 0.487 e. The van der Waals surface area contributed by atoms with Crippen LogP contribution in [0.15, 0.2) is 18.2 Å². The van der Waals surface area contributed by atoms with Crippen LogP contribution in [0, 0.1) is 5.92 Å². The first-order valence-corrected chi connectivity index (χ1v) is 8.21. The van der Waals surface area contributed by atoms with Gasteiger partial charge < -0.3 is 15.2 Å². The minimum absolute atomic E-state index is 0.0585. The number of fused-ring (bicyclic) bond motifs is 1. The summed E-state index contributed by atoms with van der Waals surface area (Å²) in [6, 6.07) is 7.18. The Morgan fingerprint density at radius 1 is 1.24 bits per heavy atom. The molecule has 1 fully saturated rings. The van der Waals surface area contributed by atoms with E-state index >= 15 is 0 Å². The average molecular weight is 289 g/mol. The van der Waals surface area contributed by atoms with Crippen LogP contribution in [-0.4, -0.2) is 23.4 Å². The van der Waals surface area contributed by atoms with Gasteiger partial charge in [0.05, 0.1) is 0 Å². The molecule has 0 saturated heterocycles. The van der Waals surface area contributed by atoms with Gasteiger partial charge in [-0.25, -0.2) is 0 Å². The zero-order valence-electron chi connectivity index (χ0n) is 13.2. The van der Waals surface area contributed by atoms with Gasteiger partial charge in [0, 0.05) is 25.6 Å². The fourth-order valence-electron chi connectivity index (χ4n) is 3.58. The SMILES string of the molecule is CC1(C)Cc2cc(CNC3CCC(CO)CC3)ccc2O1. The Labute approximate surface area is 127 Å². The molecule has 2 aliphatic rings. The number of nitrogens with one attached hydrogen (secondary N) is 1. The lowest BCUT2D eigenvalue weighted by molar-refractivity contribution is 0.138. The minimum Gasteiger partial charge on any atom is -0.487 e. The van der Waals surface area contributed by atoms with Crippen molar-refractivity contribution in [1.29, 1.82) is 0 Å². The standard InChI is InChI=1S/C18H27NO2/c1-18(2)10-15-9-14(5-8-17(15)21-18)11-19-16-6-3-13(12-20)4-7-16/h5,8-9,13,16,19-20H,3-4,6-7,10-12H2,1-2H3. The van der Waals surface area contributed by atoms with Crippen LogP contribution in [0.2, 0.25) is 0 Å². The van der Waals surface area contributed by atoms with E-state index in [2.05, 4.69) is 37.4 Å². The van der Waals surface area contributed by atoms with Crippen molar-refractivity contribution in [3.63, 3.8) is 0 Å². The van der Waals surface area contributed by atoms with E-state index in [1.165, 1.54) is 24.0 Å². The summed E-state index contributed by atoms with van der Waals surface area (Å²) in [4.78, 5) is 0. The summed E-state index contributed by atoms with van der Waals surface area (Å²) >= 11 is 0. The zero-order chi connectivity index (χ0) is 14.9. The Balaban J connectivity index is 1.53. The van der Waals surface area contributed by atoms with Gasteiger partial charge in [-0.1, -0.05) is 12.1 Å². The van der Waals surface area contributed by atoms with Crippen molar-refractivity contribution in [3.8, 4) is 5.75 Å². The minimum atomic E-state index is -0.0585. The van der Waals surface area contributed by atoms with Crippen LogP contribution in [0.3, 0.4) is 0 Å². The second kappa shape index (κ2) is 5.98. The maximum absolute atomic E-state index is 9.18. The molecule has 1 heterocycles. The summed E-state index contributed by atoms with van der Waals surface area (Å²) in [6.07, 6.45) is 5.68. The second-order valence-electron chi connectivity index (χ2n) is 7.26. The summed E-state index contributed by atoms with van der Waals surface area (Å²) in [6.45, 7) is 5.57. The summed E-state index contributed by atoms with van der Waals surface area (Å²) in [5.41, 5.74) is 2.62. The quantitative estimate of drug-likeness (QED) is 0.895. The first-order chi connectivity index (χ1) is 10.1. The van der Waals surface area contributed by atoms with Gasteiger partial charge in [0.25, 0.3) is 0 Å². The highest BCUT2D eigenvalue weighted by molar-refractivity contribution is 5.41. The van der Waals surface area contributed by atoms with Crippen molar-refractivity contribution in [3.05, 3.63) is 29.3 Å². The van der Waals surface area contributed by atoms with Crippen LogP contribution in [0.25, 0.3) is 0 Å². The van der Waals surface area contributed by atoms with E-state index in [-0.39, 0.29) is 5.60 Å². The fraction of sp³-hybridized carbons (Fsp3) is 0.667. The van der Waals surface area contributed by atoms with Crippen LogP contribution in [-0.2, 0) is 13.0 Å². The first-order valence-electron chi connectivity index (χ1n) is 8.21. The van der Waals surface area contributed by atoms with Crippen molar-refractivity contribution >= 4 is 0 Å². The Bertz CT molecular complexity index is 490. The molecule has 3 rings (SSSR count). The average Bonchev–Trinajstić information content (AvgIpc) is 2.78. The van der Waals surface area contributed by atoms with Crippen molar-refractivity contribution < 1.29 is 9.84 Å². The monoisotopic (exact) mass is 289 g/mol. The van der Waals surface area contributed by atoms with Crippen molar-refractivity contribution in [1.82, 2.24) is 5.32 Å². The molecule has 116 valence electrons. The molecule has 21 heavy (non-hydrogen) atoms. The maximum Gasteiger partial charge on any atom is 0.123 e. The van der Waals surface area contributed by atoms with Gasteiger partial charge in [0.2, 0.25) is 0 Å². The van der Waals surface area contributed by atoms with Gasteiger partial charge in [0.1, 0.15) is 11.4 Å². The van der Waals surface area contributed by atoms with Crippen LogP contribution in [0.1, 0.15) is 50.7 Å². The van der Waals surface area contributed by atoms with Crippen LogP contribution >= 0.6 is 0 Å². The van der Waals surface area contributed by atoms with Gasteiger partial charge in [0.15, 0.2) is 0 Å². The molecular formula is C18H27NO2. The van der Waals surface area contributed by atoms with Crippen molar-refractivity contribution in [2.75, 3.05) is 6.61 Å². The van der Waals surface area contributed by atoms with Gasteiger partial charge in [-0.15, -0.1) is 0 Å². The van der Waals surface area contributed by atoms with E-state index in [1.54, 1.807) is 0 Å². The normalized spacial score (nSPS) is 27.2. The summed E-state index contributed by atoms with van der Waals surface area (Å²) in [5.74, 6) is 1.58. The van der Waals surface area contributed by atoms with Gasteiger partial charge >= 0.3 is 0 Å². The molecule has 1 saturated carbocycles. The molecule has 1 aromatic rings. The predicted molar refractivity (Wildman–Crippen MR) is 84.5 cm³/mol. The van der Waals surface area contributed by atoms with E-state index in [0.29, 0.717) is 18.6 Å². The molecule has 0 aromatic heterocycles. The third-order valence-electron chi connectivity index (χ3n) is 4.83. The Morgan fingerprint density at radius 2 is 2.00 bits per heavy atom. The maximum atomic E-state index is 9.18. The molecule has 0 atom stereocenters. The molecule has 0 unspecified atom stereocenters. The van der Waals surface area contributed by atoms with Crippen LogP contribution in [0.5, 0.6) is 5.75 Å². The molecular weight excluding hydrogens is 262 g/mol. The number of ether oxygens (including phenoxy) is 1. The van der Waals surface area contributed by atoms with E-state index in [9.17, 15) is 5.11 Å². The van der Waals surface area contributed by atoms with Crippen molar-refractivity contribution in [2.24, 2.45) is 5.92 Å². The van der Waals surface area contributed by atoms with E-state index in [4.69, 9.17) is 4.74 Å². The topological polar surface area (TPSA) is 41.5 Å². The third-order valence-corrected chi connectivity index (χ3v) is 4.83. The summed E-state index contributed by atoms with van der Waals surface area (Å²) in [7, 11) is 0. The molecule has 1 aromatic carbocycles. The molecule has 0 bridgehead atoms. The number of benzene rings is 1. The summed E-state index contributed by atoms with van der Waals surface area (Å²) in [5, 5.41) is 12.9. The number of rotatable bonds is 4. The van der Waals surface area contributed by atoms with E-state index in [0.717, 1.165) is 31.6 Å². The predicted octanol–water partition coefficient (Wildman–Crippen LogP) is 3.04.